The Morgan fingerprint density at radius 1 is 1.05 bits per heavy atom. The topological polar surface area (TPSA) is 64.1 Å². The van der Waals surface area contributed by atoms with Gasteiger partial charge < -0.3 is 10.0 Å². The number of carbonyl (C=O) groups excluding carboxylic acids is 1. The molecule has 2 aromatic carbocycles. The molecule has 1 amide bonds. The highest BCUT2D eigenvalue weighted by Crippen LogP contribution is 2.39. The van der Waals surface area contributed by atoms with Crippen molar-refractivity contribution in [3.63, 3.8) is 0 Å². The molecular weight excluding hydrogens is 547 g/mol. The highest BCUT2D eigenvalue weighted by molar-refractivity contribution is 6.35. The predicted molar refractivity (Wildman–Crippen MR) is 148 cm³/mol. The molecule has 2 heterocycles. The van der Waals surface area contributed by atoms with Crippen molar-refractivity contribution in [2.75, 3.05) is 32.7 Å². The summed E-state index contributed by atoms with van der Waals surface area (Å²) in [7, 11) is 0. The van der Waals surface area contributed by atoms with Gasteiger partial charge in [0.2, 0.25) is 5.91 Å². The molecule has 0 aliphatic carbocycles. The molecule has 0 bridgehead atoms. The molecule has 2 aliphatic rings. The number of hydrogen-bond donors (Lipinski definition) is 1. The number of nitrogens with zero attached hydrogens (tertiary/aromatic N) is 3. The molecule has 10 heteroatoms. The number of rotatable bonds is 6. The lowest BCUT2D eigenvalue weighted by atomic mass is 9.87. The summed E-state index contributed by atoms with van der Waals surface area (Å²) in [5.74, 6) is -3.26. The number of likely N-dealkylation sites (tertiary alicyclic amines) is 1. The zero-order chi connectivity index (χ0) is 28.6. The zero-order valence-electron chi connectivity index (χ0n) is 22.6. The summed E-state index contributed by atoms with van der Waals surface area (Å²) >= 11 is 12.3. The molecule has 4 atom stereocenters. The van der Waals surface area contributed by atoms with Gasteiger partial charge in [-0.3, -0.25) is 19.4 Å². The number of hydrogen-bond acceptors (Lipinski definition) is 4. The molecule has 0 radical (unpaired) electrons. The van der Waals surface area contributed by atoms with E-state index in [0.29, 0.717) is 53.9 Å². The minimum absolute atomic E-state index is 0.0877. The monoisotopic (exact) mass is 581 g/mol. The number of halogens is 4. The van der Waals surface area contributed by atoms with E-state index in [4.69, 9.17) is 23.2 Å². The molecule has 1 N–H and O–H groups in total. The molecule has 0 spiro atoms. The van der Waals surface area contributed by atoms with Crippen molar-refractivity contribution in [3.05, 3.63) is 69.2 Å². The molecule has 2 aromatic rings. The van der Waals surface area contributed by atoms with Crippen molar-refractivity contribution in [2.45, 2.75) is 57.7 Å². The fourth-order valence-electron chi connectivity index (χ4n) is 5.80. The van der Waals surface area contributed by atoms with E-state index in [1.807, 2.05) is 11.8 Å². The smallest absolute Gasteiger partial charge is 0.321 e. The highest BCUT2D eigenvalue weighted by Gasteiger charge is 2.46. The van der Waals surface area contributed by atoms with E-state index in [-0.39, 0.29) is 23.9 Å². The maximum Gasteiger partial charge on any atom is 0.321 e. The second-order valence-corrected chi connectivity index (χ2v) is 12.5. The molecule has 0 aromatic heterocycles. The van der Waals surface area contributed by atoms with E-state index in [2.05, 4.69) is 25.7 Å². The van der Waals surface area contributed by atoms with Crippen LogP contribution in [-0.4, -0.2) is 82.0 Å². The Kier molecular flexibility index (Phi) is 8.91. The van der Waals surface area contributed by atoms with Gasteiger partial charge >= 0.3 is 5.97 Å². The van der Waals surface area contributed by atoms with Crippen molar-refractivity contribution in [1.82, 2.24) is 14.7 Å². The normalized spacial score (nSPS) is 23.7. The maximum atomic E-state index is 14.9. The van der Waals surface area contributed by atoms with Crippen molar-refractivity contribution >= 4 is 35.1 Å². The van der Waals surface area contributed by atoms with Gasteiger partial charge in [0, 0.05) is 72.8 Å². The van der Waals surface area contributed by atoms with Crippen molar-refractivity contribution in [2.24, 2.45) is 5.92 Å². The van der Waals surface area contributed by atoms with Crippen molar-refractivity contribution in [3.8, 4) is 0 Å². The van der Waals surface area contributed by atoms with E-state index in [1.54, 1.807) is 23.1 Å². The Morgan fingerprint density at radius 3 is 2.36 bits per heavy atom. The maximum absolute atomic E-state index is 14.9. The summed E-state index contributed by atoms with van der Waals surface area (Å²) in [6.45, 7) is 10.1. The van der Waals surface area contributed by atoms with E-state index < -0.39 is 35.5 Å². The Morgan fingerprint density at radius 2 is 1.77 bits per heavy atom. The van der Waals surface area contributed by atoms with Gasteiger partial charge in [-0.2, -0.15) is 0 Å². The minimum Gasteiger partial charge on any atom is -0.480 e. The van der Waals surface area contributed by atoms with E-state index >= 15 is 0 Å². The number of benzene rings is 2. The van der Waals surface area contributed by atoms with Gasteiger partial charge in [0.05, 0.1) is 5.92 Å². The van der Waals surface area contributed by atoms with Crippen LogP contribution in [0.3, 0.4) is 0 Å². The molecule has 2 saturated heterocycles. The van der Waals surface area contributed by atoms with Crippen LogP contribution in [0.5, 0.6) is 0 Å². The van der Waals surface area contributed by atoms with Crippen LogP contribution in [-0.2, 0) is 16.0 Å². The quantitative estimate of drug-likeness (QED) is 0.500. The molecule has 2 fully saturated rings. The summed E-state index contributed by atoms with van der Waals surface area (Å²) < 4.78 is 28.5. The van der Waals surface area contributed by atoms with E-state index in [1.165, 1.54) is 12.1 Å². The third kappa shape index (κ3) is 6.56. The Balaban J connectivity index is 1.52. The largest absolute Gasteiger partial charge is 0.480 e. The lowest BCUT2D eigenvalue weighted by molar-refractivity contribution is -0.147. The van der Waals surface area contributed by atoms with Crippen LogP contribution in [0.25, 0.3) is 0 Å². The first-order valence-corrected chi connectivity index (χ1v) is 13.9. The van der Waals surface area contributed by atoms with Crippen LogP contribution in [0.1, 0.15) is 44.7 Å². The number of aliphatic carboxylic acids is 1. The summed E-state index contributed by atoms with van der Waals surface area (Å²) in [5.41, 5.74) is 0.807. The zero-order valence-corrected chi connectivity index (χ0v) is 24.1. The van der Waals surface area contributed by atoms with Gasteiger partial charge in [0.25, 0.3) is 0 Å². The summed E-state index contributed by atoms with van der Waals surface area (Å²) in [5, 5.41) is 10.9. The molecule has 0 unspecified atom stereocenters. The average Bonchev–Trinajstić information content (AvgIpc) is 3.29. The average molecular weight is 583 g/mol. The third-order valence-electron chi connectivity index (χ3n) is 8.04. The standard InChI is InChI=1S/C29H35Cl2F2N3O3/c1-17-14-34(26(28(38)39)11-18-5-6-19(30)12-24(18)31)9-10-36(17)27(37)23-16-35(29(2,3)4)15-22(23)21-8-7-20(32)13-25(21)33/h5-8,12-13,17,22-23,26H,9-11,14-16H2,1-4H3,(H,38,39)/t17-,22-,23+,26-/m0/s1. The van der Waals surface area contributed by atoms with Gasteiger partial charge in [-0.1, -0.05) is 35.3 Å². The van der Waals surface area contributed by atoms with Crippen LogP contribution in [0.15, 0.2) is 36.4 Å². The first-order chi connectivity index (χ1) is 18.3. The summed E-state index contributed by atoms with van der Waals surface area (Å²) in [6, 6.07) is 7.51. The van der Waals surface area contributed by atoms with E-state index in [0.717, 1.165) is 6.07 Å². The van der Waals surface area contributed by atoms with Gasteiger partial charge in [-0.05, 0) is 57.0 Å². The minimum atomic E-state index is -0.962. The summed E-state index contributed by atoms with van der Waals surface area (Å²) in [4.78, 5) is 32.0. The van der Waals surface area contributed by atoms with Gasteiger partial charge in [-0.15, -0.1) is 0 Å². The molecule has 6 nitrogen and oxygen atoms in total. The lowest BCUT2D eigenvalue weighted by Crippen LogP contribution is -2.59. The Bertz CT molecular complexity index is 1240. The van der Waals surface area contributed by atoms with Crippen molar-refractivity contribution < 1.29 is 23.5 Å². The molecule has 0 saturated carbocycles. The second-order valence-electron chi connectivity index (χ2n) is 11.6. The second kappa shape index (κ2) is 11.7. The molecule has 212 valence electrons. The number of carbonyl (C=O) groups is 2. The third-order valence-corrected chi connectivity index (χ3v) is 8.63. The predicted octanol–water partition coefficient (Wildman–Crippen LogP) is 5.31. The highest BCUT2D eigenvalue weighted by atomic mass is 35.5. The lowest BCUT2D eigenvalue weighted by Gasteiger charge is -2.43. The van der Waals surface area contributed by atoms with Crippen LogP contribution >= 0.6 is 23.2 Å². The van der Waals surface area contributed by atoms with Crippen LogP contribution in [0.2, 0.25) is 10.0 Å². The summed E-state index contributed by atoms with van der Waals surface area (Å²) in [6.07, 6.45) is 0.209. The first kappa shape index (κ1) is 29.7. The van der Waals surface area contributed by atoms with Crippen LogP contribution < -0.4 is 0 Å². The molecule has 39 heavy (non-hydrogen) atoms. The fourth-order valence-corrected chi connectivity index (χ4v) is 6.28. The fraction of sp³-hybridized carbons (Fsp3) is 0.517. The van der Waals surface area contributed by atoms with Crippen LogP contribution in [0.4, 0.5) is 8.78 Å². The Labute approximate surface area is 238 Å². The first-order valence-electron chi connectivity index (χ1n) is 13.2. The van der Waals surface area contributed by atoms with Crippen LogP contribution in [0, 0.1) is 17.6 Å². The van der Waals surface area contributed by atoms with Gasteiger partial charge in [0.15, 0.2) is 0 Å². The molecular formula is C29H35Cl2F2N3O3. The SMILES string of the molecule is C[C@H]1CN([C@@H](Cc2ccc(Cl)cc2Cl)C(=O)O)CCN1C(=O)[C@@H]1CN(C(C)(C)C)C[C@H]1c1ccc(F)cc1F. The number of carboxylic acids is 1. The molecule has 2 aliphatic heterocycles. The van der Waals surface area contributed by atoms with Crippen molar-refractivity contribution in [1.29, 1.82) is 0 Å². The van der Waals surface area contributed by atoms with Gasteiger partial charge in [-0.25, -0.2) is 8.78 Å². The molecule has 4 rings (SSSR count). The number of carboxylic acid groups (broad SMARTS) is 1. The number of amides is 1. The number of piperazine rings is 1. The van der Waals surface area contributed by atoms with Gasteiger partial charge in [0.1, 0.15) is 17.7 Å². The van der Waals surface area contributed by atoms with E-state index in [9.17, 15) is 23.5 Å². The Hall–Kier alpha value is -2.26.